The van der Waals surface area contributed by atoms with Crippen molar-refractivity contribution < 1.29 is 14.3 Å². The molecule has 0 aromatic heterocycles. The van der Waals surface area contributed by atoms with Crippen molar-refractivity contribution in [1.29, 1.82) is 0 Å². The van der Waals surface area contributed by atoms with Crippen LogP contribution in [0, 0.1) is 6.92 Å². The van der Waals surface area contributed by atoms with E-state index < -0.39 is 5.54 Å². The molecule has 39 heavy (non-hydrogen) atoms. The quantitative estimate of drug-likeness (QED) is 0.407. The summed E-state index contributed by atoms with van der Waals surface area (Å²) in [4.78, 5) is 32.4. The Morgan fingerprint density at radius 3 is 2.23 bits per heavy atom. The van der Waals surface area contributed by atoms with Gasteiger partial charge in [0.05, 0.1) is 19.6 Å². The highest BCUT2D eigenvalue weighted by Crippen LogP contribution is 2.37. The van der Waals surface area contributed by atoms with Gasteiger partial charge in [-0.15, -0.1) is 0 Å². The van der Waals surface area contributed by atoms with Gasteiger partial charge in [-0.2, -0.15) is 0 Å². The third-order valence-corrected chi connectivity index (χ3v) is 8.21. The van der Waals surface area contributed by atoms with Crippen molar-refractivity contribution in [2.75, 3.05) is 36.5 Å². The van der Waals surface area contributed by atoms with E-state index >= 15 is 0 Å². The third-order valence-electron chi connectivity index (χ3n) is 8.21. The summed E-state index contributed by atoms with van der Waals surface area (Å²) in [5, 5.41) is 3.21. The van der Waals surface area contributed by atoms with E-state index in [-0.39, 0.29) is 18.2 Å². The number of amides is 2. The van der Waals surface area contributed by atoms with Crippen LogP contribution in [0.25, 0.3) is 0 Å². The molecular formula is C33H39N3O3. The molecule has 3 aromatic carbocycles. The number of hydrogen-bond donors (Lipinski definition) is 1. The Morgan fingerprint density at radius 2 is 1.54 bits per heavy atom. The Labute approximate surface area is 232 Å². The van der Waals surface area contributed by atoms with Crippen molar-refractivity contribution >= 4 is 23.2 Å². The molecule has 2 fully saturated rings. The predicted molar refractivity (Wildman–Crippen MR) is 156 cm³/mol. The number of carbonyl (C=O) groups excluding carboxylic acids is 2. The van der Waals surface area contributed by atoms with Crippen LogP contribution in [0.1, 0.15) is 48.8 Å². The van der Waals surface area contributed by atoms with Gasteiger partial charge in [-0.25, -0.2) is 0 Å². The fourth-order valence-electron chi connectivity index (χ4n) is 5.88. The van der Waals surface area contributed by atoms with E-state index in [1.807, 2.05) is 59.5 Å². The molecule has 0 atom stereocenters. The van der Waals surface area contributed by atoms with Gasteiger partial charge in [-0.05, 0) is 60.7 Å². The van der Waals surface area contributed by atoms with E-state index in [2.05, 4.69) is 41.4 Å². The number of aryl methyl sites for hydroxylation is 1. The molecule has 0 spiro atoms. The molecule has 3 aromatic rings. The van der Waals surface area contributed by atoms with Crippen molar-refractivity contribution in [3.8, 4) is 0 Å². The van der Waals surface area contributed by atoms with Crippen LogP contribution < -0.4 is 10.2 Å². The zero-order valence-corrected chi connectivity index (χ0v) is 22.9. The average molecular weight is 526 g/mol. The maximum atomic E-state index is 14.2. The minimum absolute atomic E-state index is 0.0100. The molecule has 5 rings (SSSR count). The second-order valence-electron chi connectivity index (χ2n) is 10.8. The largest absolute Gasteiger partial charge is 0.378 e. The molecule has 1 N–H and O–H groups in total. The zero-order valence-electron chi connectivity index (χ0n) is 22.9. The number of anilines is 2. The molecule has 1 aliphatic carbocycles. The second-order valence-corrected chi connectivity index (χ2v) is 10.8. The highest BCUT2D eigenvalue weighted by Gasteiger charge is 2.47. The first-order chi connectivity index (χ1) is 19.0. The van der Waals surface area contributed by atoms with Crippen LogP contribution >= 0.6 is 0 Å². The molecule has 2 aliphatic rings. The maximum absolute atomic E-state index is 14.2. The van der Waals surface area contributed by atoms with E-state index in [4.69, 9.17) is 4.74 Å². The molecule has 1 heterocycles. The van der Waals surface area contributed by atoms with Crippen LogP contribution in [0.2, 0.25) is 0 Å². The van der Waals surface area contributed by atoms with Gasteiger partial charge in [0.25, 0.3) is 0 Å². The van der Waals surface area contributed by atoms with Crippen molar-refractivity contribution in [2.45, 2.75) is 57.5 Å². The van der Waals surface area contributed by atoms with Gasteiger partial charge in [0.1, 0.15) is 5.54 Å². The Hall–Kier alpha value is -3.64. The number of hydrogen-bond acceptors (Lipinski definition) is 4. The normalized spacial score (nSPS) is 16.9. The van der Waals surface area contributed by atoms with Crippen LogP contribution in [0.5, 0.6) is 0 Å². The summed E-state index contributed by atoms with van der Waals surface area (Å²) >= 11 is 0. The molecule has 6 nitrogen and oxygen atoms in total. The Bertz CT molecular complexity index is 1250. The van der Waals surface area contributed by atoms with E-state index in [9.17, 15) is 9.59 Å². The van der Waals surface area contributed by atoms with Gasteiger partial charge in [0.2, 0.25) is 11.8 Å². The monoisotopic (exact) mass is 525 g/mol. The van der Waals surface area contributed by atoms with Crippen LogP contribution in [0.3, 0.4) is 0 Å². The molecule has 0 radical (unpaired) electrons. The number of carbonyl (C=O) groups is 2. The highest BCUT2D eigenvalue weighted by molar-refractivity contribution is 6.01. The molecule has 0 bridgehead atoms. The van der Waals surface area contributed by atoms with Crippen LogP contribution in [-0.2, 0) is 27.3 Å². The summed E-state index contributed by atoms with van der Waals surface area (Å²) in [5.74, 6) is -0.0968. The Balaban J connectivity index is 1.43. The fourth-order valence-corrected chi connectivity index (χ4v) is 5.88. The van der Waals surface area contributed by atoms with Gasteiger partial charge in [-0.3, -0.25) is 9.59 Å². The molecule has 6 heteroatoms. The molecule has 1 saturated heterocycles. The molecular weight excluding hydrogens is 486 g/mol. The Kier molecular flexibility index (Phi) is 8.62. The SMILES string of the molecule is Cc1ccccc1CN(C(=O)Cc1ccccc1)C1(C(=O)Nc2ccc(N3CCOCC3)cc2)CCCCC1. The topological polar surface area (TPSA) is 61.9 Å². The molecule has 1 saturated carbocycles. The minimum atomic E-state index is -0.894. The van der Waals surface area contributed by atoms with Crippen molar-refractivity contribution in [3.05, 3.63) is 95.6 Å². The van der Waals surface area contributed by atoms with Gasteiger partial charge in [0, 0.05) is 31.0 Å². The van der Waals surface area contributed by atoms with E-state index in [1.54, 1.807) is 0 Å². The van der Waals surface area contributed by atoms with E-state index in [0.29, 0.717) is 19.4 Å². The summed E-state index contributed by atoms with van der Waals surface area (Å²) in [6.45, 7) is 5.68. The number of benzene rings is 3. The summed E-state index contributed by atoms with van der Waals surface area (Å²) < 4.78 is 5.47. The highest BCUT2D eigenvalue weighted by atomic mass is 16.5. The second kappa shape index (κ2) is 12.5. The van der Waals surface area contributed by atoms with Crippen molar-refractivity contribution in [3.63, 3.8) is 0 Å². The minimum Gasteiger partial charge on any atom is -0.378 e. The number of ether oxygens (including phenoxy) is 1. The molecule has 204 valence electrons. The summed E-state index contributed by atoms with van der Waals surface area (Å²) in [7, 11) is 0. The molecule has 1 aliphatic heterocycles. The first-order valence-electron chi connectivity index (χ1n) is 14.2. The van der Waals surface area contributed by atoms with Crippen LogP contribution in [0.15, 0.2) is 78.9 Å². The van der Waals surface area contributed by atoms with Gasteiger partial charge >= 0.3 is 0 Å². The zero-order chi connectivity index (χ0) is 27.1. The van der Waals surface area contributed by atoms with Crippen LogP contribution in [-0.4, -0.2) is 48.6 Å². The maximum Gasteiger partial charge on any atom is 0.250 e. The van der Waals surface area contributed by atoms with Gasteiger partial charge in [0.15, 0.2) is 0 Å². The fraction of sp³-hybridized carbons (Fsp3) is 0.394. The summed E-state index contributed by atoms with van der Waals surface area (Å²) in [6, 6.07) is 26.0. The summed E-state index contributed by atoms with van der Waals surface area (Å²) in [6.07, 6.45) is 4.52. The van der Waals surface area contributed by atoms with Crippen molar-refractivity contribution in [2.24, 2.45) is 0 Å². The number of nitrogens with zero attached hydrogens (tertiary/aromatic N) is 2. The lowest BCUT2D eigenvalue weighted by Gasteiger charge is -2.45. The summed E-state index contributed by atoms with van der Waals surface area (Å²) in [5.41, 5.74) is 4.15. The number of morpholine rings is 1. The molecule has 2 amide bonds. The van der Waals surface area contributed by atoms with E-state index in [0.717, 1.165) is 73.6 Å². The smallest absolute Gasteiger partial charge is 0.250 e. The van der Waals surface area contributed by atoms with Crippen LogP contribution in [0.4, 0.5) is 11.4 Å². The predicted octanol–water partition coefficient (Wildman–Crippen LogP) is 5.74. The lowest BCUT2D eigenvalue weighted by molar-refractivity contribution is -0.148. The Morgan fingerprint density at radius 1 is 0.872 bits per heavy atom. The number of nitrogens with one attached hydrogen (secondary N) is 1. The lowest BCUT2D eigenvalue weighted by Crippen LogP contribution is -2.60. The van der Waals surface area contributed by atoms with Crippen molar-refractivity contribution in [1.82, 2.24) is 4.90 Å². The first-order valence-corrected chi connectivity index (χ1v) is 14.2. The number of rotatable bonds is 8. The first kappa shape index (κ1) is 26.9. The standard InChI is InChI=1S/C33H39N3O3/c1-26-10-6-7-13-28(26)25-36(31(37)24-27-11-4-2-5-12-27)33(18-8-3-9-19-33)32(38)34-29-14-16-30(17-15-29)35-20-22-39-23-21-35/h2,4-7,10-17H,3,8-9,18-25H2,1H3,(H,34,38). The third kappa shape index (κ3) is 6.34. The average Bonchev–Trinajstić information content (AvgIpc) is 2.98. The van der Waals surface area contributed by atoms with Gasteiger partial charge in [-0.1, -0.05) is 73.9 Å². The van der Waals surface area contributed by atoms with E-state index in [1.165, 1.54) is 0 Å². The lowest BCUT2D eigenvalue weighted by atomic mass is 9.78. The molecule has 0 unspecified atom stereocenters. The van der Waals surface area contributed by atoms with Gasteiger partial charge < -0.3 is 19.9 Å².